The van der Waals surface area contributed by atoms with Crippen molar-refractivity contribution in [1.82, 2.24) is 24.6 Å². The molecule has 2 heterocycles. The maximum absolute atomic E-state index is 12.8. The van der Waals surface area contributed by atoms with Crippen LogP contribution in [0.1, 0.15) is 27.9 Å². The Labute approximate surface area is 260 Å². The number of aryl methyl sites for hydroxylation is 4. The Morgan fingerprint density at radius 2 is 1.71 bits per heavy atom. The van der Waals surface area contributed by atoms with Crippen molar-refractivity contribution in [2.75, 3.05) is 0 Å². The number of nitrogens with zero attached hydrogens (tertiary/aromatic N) is 6. The molecule has 9 nitrogen and oxygen atoms in total. The summed E-state index contributed by atoms with van der Waals surface area (Å²) in [4.78, 5) is 21.9. The zero-order valence-corrected chi connectivity index (χ0v) is 25.4. The molecule has 3 aromatic carbocycles. The van der Waals surface area contributed by atoms with Gasteiger partial charge in [-0.25, -0.2) is 14.5 Å². The Kier molecular flexibility index (Phi) is 8.69. The summed E-state index contributed by atoms with van der Waals surface area (Å²) in [6.07, 6.45) is -2.03. The van der Waals surface area contributed by atoms with Gasteiger partial charge in [-0.2, -0.15) is 10.3 Å². The second-order valence-electron chi connectivity index (χ2n) is 10.1. The molecule has 0 aliphatic carbocycles. The first-order valence-electron chi connectivity index (χ1n) is 13.5. The number of thiazole rings is 1. The standard InChI is InChI=1S/C32H26F3N7O2S/c1-19-13-20(2)28(21(3)14-19)42-22(4)17-45-31(42)39-30(43)37-16-25(15-36)23-5-7-24(8-6-23)29-38-18-41(40-29)26-9-11-27(12-10-26)44-32(33,34)35/h5-14,16-18H,1-4H3,(H,37,43)/b25-16+,39-31?. The number of halogens is 3. The molecule has 0 saturated carbocycles. The molecule has 0 atom stereocenters. The van der Waals surface area contributed by atoms with E-state index in [0.29, 0.717) is 27.4 Å². The van der Waals surface area contributed by atoms with Gasteiger partial charge in [0.25, 0.3) is 0 Å². The summed E-state index contributed by atoms with van der Waals surface area (Å²) in [6.45, 7) is 8.04. The van der Waals surface area contributed by atoms with E-state index < -0.39 is 12.4 Å². The number of carbonyl (C=O) groups is 1. The first kappa shape index (κ1) is 31.0. The van der Waals surface area contributed by atoms with Crippen molar-refractivity contribution >= 4 is 22.9 Å². The van der Waals surface area contributed by atoms with Gasteiger partial charge in [0.2, 0.25) is 0 Å². The quantitative estimate of drug-likeness (QED) is 0.202. The Morgan fingerprint density at radius 1 is 1.04 bits per heavy atom. The van der Waals surface area contributed by atoms with Crippen molar-refractivity contribution in [3.63, 3.8) is 0 Å². The monoisotopic (exact) mass is 629 g/mol. The second kappa shape index (κ2) is 12.6. The number of rotatable bonds is 6. The van der Waals surface area contributed by atoms with Gasteiger partial charge >= 0.3 is 12.4 Å². The highest BCUT2D eigenvalue weighted by Gasteiger charge is 2.31. The third-order valence-corrected chi connectivity index (χ3v) is 7.62. The number of ether oxygens (including phenoxy) is 1. The molecule has 0 saturated heterocycles. The van der Waals surface area contributed by atoms with E-state index >= 15 is 0 Å². The van der Waals surface area contributed by atoms with Crippen LogP contribution in [0.15, 0.2) is 83.6 Å². The van der Waals surface area contributed by atoms with E-state index in [1.54, 1.807) is 24.3 Å². The van der Waals surface area contributed by atoms with E-state index in [1.165, 1.54) is 52.8 Å². The lowest BCUT2D eigenvalue weighted by Gasteiger charge is -2.14. The summed E-state index contributed by atoms with van der Waals surface area (Å²) in [5.41, 5.74) is 7.12. The molecular weight excluding hydrogens is 603 g/mol. The van der Waals surface area contributed by atoms with Crippen molar-refractivity contribution in [2.24, 2.45) is 4.99 Å². The number of benzene rings is 3. The SMILES string of the molecule is Cc1cc(C)c(-n2c(C)csc2=NC(=O)N/C=C(\C#N)c2ccc(-c3ncn(-c4ccc(OC(F)(F)F)cc4)n3)cc2)c(C)c1. The summed E-state index contributed by atoms with van der Waals surface area (Å²) < 4.78 is 44.5. The minimum Gasteiger partial charge on any atom is -0.406 e. The van der Waals surface area contributed by atoms with Crippen LogP contribution in [0.4, 0.5) is 18.0 Å². The highest BCUT2D eigenvalue weighted by Crippen LogP contribution is 2.25. The van der Waals surface area contributed by atoms with Gasteiger partial charge in [-0.05, 0) is 68.7 Å². The van der Waals surface area contributed by atoms with Gasteiger partial charge in [0.15, 0.2) is 10.6 Å². The van der Waals surface area contributed by atoms with Crippen LogP contribution in [0.2, 0.25) is 0 Å². The molecule has 13 heteroatoms. The Hall–Kier alpha value is -5.48. The average molecular weight is 630 g/mol. The van der Waals surface area contributed by atoms with Crippen LogP contribution in [0.25, 0.3) is 28.3 Å². The number of nitrogens with one attached hydrogen (secondary N) is 1. The fourth-order valence-corrected chi connectivity index (χ4v) is 5.68. The highest BCUT2D eigenvalue weighted by molar-refractivity contribution is 7.07. The van der Waals surface area contributed by atoms with Crippen LogP contribution in [0.5, 0.6) is 5.75 Å². The minimum absolute atomic E-state index is 0.213. The zero-order valence-electron chi connectivity index (χ0n) is 24.5. The zero-order chi connectivity index (χ0) is 32.3. The number of hydrogen-bond donors (Lipinski definition) is 1. The van der Waals surface area contributed by atoms with Gasteiger partial charge in [0.1, 0.15) is 18.1 Å². The first-order valence-corrected chi connectivity index (χ1v) is 14.4. The molecule has 2 amide bonds. The van der Waals surface area contributed by atoms with E-state index in [9.17, 15) is 23.2 Å². The van der Waals surface area contributed by atoms with Crippen molar-refractivity contribution < 1.29 is 22.7 Å². The second-order valence-corrected chi connectivity index (χ2v) is 10.9. The Balaban J connectivity index is 1.30. The van der Waals surface area contributed by atoms with Gasteiger partial charge < -0.3 is 10.1 Å². The van der Waals surface area contributed by atoms with Gasteiger partial charge in [0, 0.05) is 22.8 Å². The third-order valence-electron chi connectivity index (χ3n) is 6.68. The fraction of sp³-hybridized carbons (Fsp3) is 0.156. The lowest BCUT2D eigenvalue weighted by atomic mass is 10.0. The maximum Gasteiger partial charge on any atom is 0.573 e. The molecule has 0 spiro atoms. The van der Waals surface area contributed by atoms with Crippen LogP contribution >= 0.6 is 11.3 Å². The fourth-order valence-electron chi connectivity index (χ4n) is 4.82. The van der Waals surface area contributed by atoms with E-state index in [2.05, 4.69) is 43.3 Å². The number of hydrogen-bond acceptors (Lipinski definition) is 6. The molecule has 0 fully saturated rings. The molecule has 5 aromatic rings. The summed E-state index contributed by atoms with van der Waals surface area (Å²) >= 11 is 1.35. The van der Waals surface area contributed by atoms with Crippen molar-refractivity contribution in [2.45, 2.75) is 34.1 Å². The van der Waals surface area contributed by atoms with E-state index in [4.69, 9.17) is 0 Å². The van der Waals surface area contributed by atoms with Crippen LogP contribution in [-0.2, 0) is 0 Å². The van der Waals surface area contributed by atoms with Gasteiger partial charge in [-0.3, -0.25) is 4.57 Å². The summed E-state index contributed by atoms with van der Waals surface area (Å²) in [5.74, 6) is 0.0245. The third kappa shape index (κ3) is 7.19. The molecule has 0 bridgehead atoms. The normalized spacial score (nSPS) is 12.2. The molecule has 0 radical (unpaired) electrons. The largest absolute Gasteiger partial charge is 0.573 e. The molecule has 2 aromatic heterocycles. The number of nitriles is 1. The molecule has 0 aliphatic heterocycles. The predicted octanol–water partition coefficient (Wildman–Crippen LogP) is 7.09. The number of alkyl halides is 3. The summed E-state index contributed by atoms with van der Waals surface area (Å²) in [5, 5.41) is 18.7. The predicted molar refractivity (Wildman–Crippen MR) is 164 cm³/mol. The first-order chi connectivity index (χ1) is 21.4. The van der Waals surface area contributed by atoms with Gasteiger partial charge in [-0.15, -0.1) is 29.6 Å². The molecule has 1 N–H and O–H groups in total. The van der Waals surface area contributed by atoms with E-state index in [0.717, 1.165) is 28.1 Å². The number of carbonyl (C=O) groups excluding carboxylic acids is 1. The smallest absolute Gasteiger partial charge is 0.406 e. The van der Waals surface area contributed by atoms with Crippen molar-refractivity contribution in [1.29, 1.82) is 5.26 Å². The summed E-state index contributed by atoms with van der Waals surface area (Å²) in [7, 11) is 0. The van der Waals surface area contributed by atoms with E-state index in [1.807, 2.05) is 37.6 Å². The van der Waals surface area contributed by atoms with E-state index in [-0.39, 0.29) is 11.3 Å². The summed E-state index contributed by atoms with van der Waals surface area (Å²) in [6, 6.07) is 17.7. The molecule has 45 heavy (non-hydrogen) atoms. The Bertz CT molecular complexity index is 1990. The maximum atomic E-state index is 12.8. The number of allylic oxidation sites excluding steroid dienone is 1. The van der Waals surface area contributed by atoms with Gasteiger partial charge in [0.05, 0.1) is 16.9 Å². The minimum atomic E-state index is -4.78. The van der Waals surface area contributed by atoms with Crippen molar-refractivity contribution in [3.05, 3.63) is 111 Å². The molecular formula is C32H26F3N7O2S. The molecule has 5 rings (SSSR count). The lowest BCUT2D eigenvalue weighted by molar-refractivity contribution is -0.274. The Morgan fingerprint density at radius 3 is 2.33 bits per heavy atom. The molecule has 0 aliphatic rings. The average Bonchev–Trinajstić information content (AvgIpc) is 3.61. The molecule has 228 valence electrons. The number of aromatic nitrogens is 4. The molecule has 0 unspecified atom stereocenters. The topological polar surface area (TPSA) is 110 Å². The number of amides is 2. The lowest BCUT2D eigenvalue weighted by Crippen LogP contribution is -2.22. The van der Waals surface area contributed by atoms with Crippen LogP contribution in [0.3, 0.4) is 0 Å². The highest BCUT2D eigenvalue weighted by atomic mass is 32.1. The van der Waals surface area contributed by atoms with Crippen LogP contribution in [0, 0.1) is 39.0 Å². The van der Waals surface area contributed by atoms with Gasteiger partial charge in [-0.1, -0.05) is 42.0 Å². The number of urea groups is 1. The van der Waals surface area contributed by atoms with Crippen molar-refractivity contribution in [3.8, 4) is 34.6 Å². The van der Waals surface area contributed by atoms with Crippen LogP contribution < -0.4 is 14.9 Å². The van der Waals surface area contributed by atoms with Crippen LogP contribution in [-0.4, -0.2) is 31.7 Å².